The highest BCUT2D eigenvalue weighted by Crippen LogP contribution is 2.32. The first-order chi connectivity index (χ1) is 14.6. The third kappa shape index (κ3) is 4.17. The van der Waals surface area contributed by atoms with Crippen LogP contribution in [0.15, 0.2) is 85.2 Å². The van der Waals surface area contributed by atoms with Crippen LogP contribution < -0.4 is 20.9 Å². The van der Waals surface area contributed by atoms with Gasteiger partial charge in [0.25, 0.3) is 0 Å². The molecule has 0 atom stereocenters. The predicted octanol–water partition coefficient (Wildman–Crippen LogP) is 5.63. The lowest BCUT2D eigenvalue weighted by molar-refractivity contribution is 0.464. The first-order valence-corrected chi connectivity index (χ1v) is 9.64. The molecule has 0 aliphatic rings. The summed E-state index contributed by atoms with van der Waals surface area (Å²) in [6, 6.07) is 25.7. The molecule has 3 N–H and O–H groups in total. The Hall–Kier alpha value is -4.06. The average molecular weight is 397 g/mol. The normalized spacial score (nSPS) is 10.5. The molecule has 0 unspecified atom stereocenters. The molecule has 0 aliphatic carbocycles. The lowest BCUT2D eigenvalue weighted by Gasteiger charge is -2.26. The predicted molar refractivity (Wildman–Crippen MR) is 121 cm³/mol. The van der Waals surface area contributed by atoms with Crippen molar-refractivity contribution in [3.05, 3.63) is 96.3 Å². The van der Waals surface area contributed by atoms with Gasteiger partial charge in [0.1, 0.15) is 17.8 Å². The van der Waals surface area contributed by atoms with Crippen molar-refractivity contribution < 1.29 is 4.74 Å². The van der Waals surface area contributed by atoms with E-state index in [9.17, 15) is 0 Å². The molecular weight excluding hydrogens is 374 g/mol. The van der Waals surface area contributed by atoms with Crippen molar-refractivity contribution in [3.8, 4) is 11.6 Å². The molecule has 0 aliphatic heterocycles. The zero-order chi connectivity index (χ0) is 20.9. The first-order valence-electron chi connectivity index (χ1n) is 9.64. The Morgan fingerprint density at radius 2 is 1.43 bits per heavy atom. The summed E-state index contributed by atoms with van der Waals surface area (Å²) in [6.07, 6.45) is 1.43. The van der Waals surface area contributed by atoms with Crippen molar-refractivity contribution in [2.75, 3.05) is 16.2 Å². The molecule has 1 aromatic heterocycles. The van der Waals surface area contributed by atoms with Gasteiger partial charge in [-0.2, -0.15) is 4.98 Å². The second kappa shape index (κ2) is 8.53. The van der Waals surface area contributed by atoms with Gasteiger partial charge in [0, 0.05) is 0 Å². The van der Waals surface area contributed by atoms with E-state index < -0.39 is 0 Å². The molecule has 0 bridgehead atoms. The number of hydrazine groups is 1. The number of rotatable bonds is 6. The Bertz CT molecular complexity index is 1090. The van der Waals surface area contributed by atoms with Gasteiger partial charge in [0.05, 0.1) is 11.4 Å². The molecule has 30 heavy (non-hydrogen) atoms. The molecule has 4 aromatic rings. The number of nitrogens with two attached hydrogens (primary N) is 1. The van der Waals surface area contributed by atoms with Gasteiger partial charge in [-0.05, 0) is 61.4 Å². The van der Waals surface area contributed by atoms with Crippen molar-refractivity contribution in [3.63, 3.8) is 0 Å². The largest absolute Gasteiger partial charge is 0.437 e. The fraction of sp³-hybridized carbons (Fsp3) is 0.0833. The molecule has 0 saturated heterocycles. The molecule has 0 saturated carbocycles. The zero-order valence-electron chi connectivity index (χ0n) is 16.9. The SMILES string of the molecule is Cc1ccc(Oc2ncnc(NN(c3ccccc3)c3ccccc3)c2N)cc1C. The summed E-state index contributed by atoms with van der Waals surface area (Å²) in [5.74, 6) is 1.44. The molecule has 0 spiro atoms. The van der Waals surface area contributed by atoms with Crippen LogP contribution in [0.5, 0.6) is 11.6 Å². The van der Waals surface area contributed by atoms with Gasteiger partial charge in [-0.1, -0.05) is 42.5 Å². The maximum absolute atomic E-state index is 6.36. The van der Waals surface area contributed by atoms with Crippen molar-refractivity contribution in [1.29, 1.82) is 0 Å². The van der Waals surface area contributed by atoms with E-state index in [0.717, 1.165) is 16.9 Å². The number of benzene rings is 3. The van der Waals surface area contributed by atoms with Crippen LogP contribution in [-0.4, -0.2) is 9.97 Å². The molecule has 3 aromatic carbocycles. The second-order valence-electron chi connectivity index (χ2n) is 6.91. The van der Waals surface area contributed by atoms with Crippen molar-refractivity contribution in [2.45, 2.75) is 13.8 Å². The number of nitrogens with one attached hydrogen (secondary N) is 1. The number of para-hydroxylation sites is 2. The molecular formula is C24H23N5O. The van der Waals surface area contributed by atoms with Crippen LogP contribution in [0, 0.1) is 13.8 Å². The number of hydrogen-bond acceptors (Lipinski definition) is 6. The lowest BCUT2D eigenvalue weighted by atomic mass is 10.1. The molecule has 0 radical (unpaired) electrons. The molecule has 150 valence electrons. The quantitative estimate of drug-likeness (QED) is 0.411. The van der Waals surface area contributed by atoms with E-state index in [1.165, 1.54) is 11.9 Å². The van der Waals surface area contributed by atoms with E-state index in [-0.39, 0.29) is 0 Å². The molecule has 1 heterocycles. The van der Waals surface area contributed by atoms with Crippen molar-refractivity contribution in [2.24, 2.45) is 0 Å². The van der Waals surface area contributed by atoms with Gasteiger partial charge in [0.2, 0.25) is 5.88 Å². The second-order valence-corrected chi connectivity index (χ2v) is 6.91. The number of anilines is 4. The monoisotopic (exact) mass is 397 g/mol. The maximum Gasteiger partial charge on any atom is 0.248 e. The fourth-order valence-electron chi connectivity index (χ4n) is 2.98. The van der Waals surface area contributed by atoms with Crippen LogP contribution in [0.3, 0.4) is 0 Å². The lowest BCUT2D eigenvalue weighted by Crippen LogP contribution is -2.25. The van der Waals surface area contributed by atoms with Crippen molar-refractivity contribution in [1.82, 2.24) is 9.97 Å². The van der Waals surface area contributed by atoms with Crippen LogP contribution in [0.4, 0.5) is 22.9 Å². The van der Waals surface area contributed by atoms with E-state index in [1.54, 1.807) is 0 Å². The van der Waals surface area contributed by atoms with Gasteiger partial charge in [-0.25, -0.2) is 4.98 Å². The Morgan fingerprint density at radius 3 is 2.03 bits per heavy atom. The Morgan fingerprint density at radius 1 is 0.800 bits per heavy atom. The van der Waals surface area contributed by atoms with Crippen LogP contribution in [0.25, 0.3) is 0 Å². The molecule has 0 fully saturated rings. The Balaban J connectivity index is 1.66. The number of aryl methyl sites for hydroxylation is 2. The van der Waals surface area contributed by atoms with E-state index in [4.69, 9.17) is 10.5 Å². The third-order valence-corrected chi connectivity index (χ3v) is 4.79. The summed E-state index contributed by atoms with van der Waals surface area (Å²) < 4.78 is 5.94. The van der Waals surface area contributed by atoms with Gasteiger partial charge >= 0.3 is 0 Å². The summed E-state index contributed by atoms with van der Waals surface area (Å²) in [7, 11) is 0. The van der Waals surface area contributed by atoms with Crippen LogP contribution in [0.1, 0.15) is 11.1 Å². The summed E-state index contributed by atoms with van der Waals surface area (Å²) in [4.78, 5) is 8.56. The van der Waals surface area contributed by atoms with Crippen LogP contribution >= 0.6 is 0 Å². The van der Waals surface area contributed by atoms with Gasteiger partial charge < -0.3 is 10.5 Å². The highest BCUT2D eigenvalue weighted by atomic mass is 16.5. The standard InChI is InChI=1S/C24H23N5O/c1-17-13-14-21(15-18(17)2)30-24-22(25)23(26-16-27-24)28-29(19-9-5-3-6-10-19)20-11-7-4-8-12-20/h3-16H,25H2,1-2H3,(H,26,27,28). The number of hydrogen-bond donors (Lipinski definition) is 2. The highest BCUT2D eigenvalue weighted by molar-refractivity contribution is 5.74. The summed E-state index contributed by atoms with van der Waals surface area (Å²) in [5, 5.41) is 1.92. The highest BCUT2D eigenvalue weighted by Gasteiger charge is 2.15. The first kappa shape index (κ1) is 19.3. The van der Waals surface area contributed by atoms with E-state index in [1.807, 2.05) is 90.8 Å². The third-order valence-electron chi connectivity index (χ3n) is 4.79. The number of aromatic nitrogens is 2. The van der Waals surface area contributed by atoms with E-state index in [2.05, 4.69) is 22.3 Å². The zero-order valence-corrected chi connectivity index (χ0v) is 16.9. The summed E-state index contributed by atoms with van der Waals surface area (Å²) in [6.45, 7) is 4.10. The molecule has 4 rings (SSSR count). The number of nitrogens with zero attached hydrogens (tertiary/aromatic N) is 3. The Kier molecular flexibility index (Phi) is 5.48. The minimum atomic E-state index is 0.303. The molecule has 6 heteroatoms. The minimum absolute atomic E-state index is 0.303. The maximum atomic E-state index is 6.36. The smallest absolute Gasteiger partial charge is 0.248 e. The summed E-state index contributed by atoms with van der Waals surface area (Å²) >= 11 is 0. The topological polar surface area (TPSA) is 76.3 Å². The molecule has 0 amide bonds. The van der Waals surface area contributed by atoms with Crippen molar-refractivity contribution >= 4 is 22.9 Å². The van der Waals surface area contributed by atoms with Crippen LogP contribution in [0.2, 0.25) is 0 Å². The van der Waals surface area contributed by atoms with Gasteiger partial charge in [-0.15, -0.1) is 0 Å². The number of ether oxygens (including phenoxy) is 1. The van der Waals surface area contributed by atoms with E-state index in [0.29, 0.717) is 23.1 Å². The van der Waals surface area contributed by atoms with Crippen LogP contribution in [-0.2, 0) is 0 Å². The minimum Gasteiger partial charge on any atom is -0.437 e. The van der Waals surface area contributed by atoms with Gasteiger partial charge in [0.15, 0.2) is 5.82 Å². The fourth-order valence-corrected chi connectivity index (χ4v) is 2.98. The summed E-state index contributed by atoms with van der Waals surface area (Å²) in [5.41, 5.74) is 14.2. The Labute approximate surface area is 176 Å². The average Bonchev–Trinajstić information content (AvgIpc) is 2.78. The molecule has 6 nitrogen and oxygen atoms in total. The van der Waals surface area contributed by atoms with E-state index >= 15 is 0 Å². The van der Waals surface area contributed by atoms with Gasteiger partial charge in [-0.3, -0.25) is 10.4 Å². The number of nitrogen functional groups attached to an aromatic ring is 1.